The van der Waals surface area contributed by atoms with E-state index in [1.165, 1.54) is 16.8 Å². The van der Waals surface area contributed by atoms with Crippen LogP contribution in [0.5, 0.6) is 0 Å². The van der Waals surface area contributed by atoms with Crippen LogP contribution in [-0.2, 0) is 17.8 Å². The highest BCUT2D eigenvalue weighted by Gasteiger charge is 2.15. The molecule has 0 saturated heterocycles. The standard InChI is InChI=1S/C21H22N4O3/c1-28-15-14-24-20(26)13-12-19(22-24)21(27)23-25(18-10-6-3-7-11-18)16-17-8-4-2-5-9-17/h2-13H,14-16H2,1H3,(H,23,27). The molecule has 0 fully saturated rings. The van der Waals surface area contributed by atoms with Gasteiger partial charge < -0.3 is 4.74 Å². The Labute approximate surface area is 163 Å². The lowest BCUT2D eigenvalue weighted by molar-refractivity contribution is 0.0939. The number of aromatic nitrogens is 2. The van der Waals surface area contributed by atoms with E-state index in [2.05, 4.69) is 10.5 Å². The molecule has 2 aromatic carbocycles. The van der Waals surface area contributed by atoms with Crippen molar-refractivity contribution in [2.75, 3.05) is 18.7 Å². The smallest absolute Gasteiger partial charge is 0.290 e. The first-order valence-electron chi connectivity index (χ1n) is 8.92. The predicted octanol–water partition coefficient (Wildman–Crippen LogP) is 2.24. The van der Waals surface area contributed by atoms with E-state index < -0.39 is 5.91 Å². The third kappa shape index (κ3) is 5.05. The van der Waals surface area contributed by atoms with Crippen LogP contribution in [0.2, 0.25) is 0 Å². The Morgan fingerprint density at radius 3 is 2.39 bits per heavy atom. The van der Waals surface area contributed by atoms with Crippen LogP contribution in [0.1, 0.15) is 16.1 Å². The first-order valence-corrected chi connectivity index (χ1v) is 8.92. The zero-order chi connectivity index (χ0) is 19.8. The molecule has 28 heavy (non-hydrogen) atoms. The van der Waals surface area contributed by atoms with Crippen LogP contribution in [0.3, 0.4) is 0 Å². The fourth-order valence-electron chi connectivity index (χ4n) is 2.66. The van der Waals surface area contributed by atoms with Gasteiger partial charge in [0.05, 0.1) is 25.4 Å². The van der Waals surface area contributed by atoms with Gasteiger partial charge >= 0.3 is 0 Å². The van der Waals surface area contributed by atoms with Crippen LogP contribution in [0.15, 0.2) is 77.6 Å². The van der Waals surface area contributed by atoms with E-state index in [4.69, 9.17) is 4.74 Å². The van der Waals surface area contributed by atoms with Crippen molar-refractivity contribution in [3.8, 4) is 0 Å². The lowest BCUT2D eigenvalue weighted by Gasteiger charge is -2.25. The molecule has 1 N–H and O–H groups in total. The molecule has 1 aromatic heterocycles. The van der Waals surface area contributed by atoms with Crippen molar-refractivity contribution >= 4 is 11.6 Å². The Kier molecular flexibility index (Phi) is 6.54. The van der Waals surface area contributed by atoms with Gasteiger partial charge in [-0.05, 0) is 23.8 Å². The summed E-state index contributed by atoms with van der Waals surface area (Å²) in [5.74, 6) is -0.397. The maximum absolute atomic E-state index is 12.8. The molecule has 0 aliphatic rings. The molecule has 3 aromatic rings. The van der Waals surface area contributed by atoms with Crippen LogP contribution in [0.25, 0.3) is 0 Å². The summed E-state index contributed by atoms with van der Waals surface area (Å²) in [7, 11) is 1.54. The van der Waals surface area contributed by atoms with Crippen LogP contribution in [-0.4, -0.2) is 29.4 Å². The summed E-state index contributed by atoms with van der Waals surface area (Å²) in [5.41, 5.74) is 4.65. The lowest BCUT2D eigenvalue weighted by Crippen LogP contribution is -2.43. The molecule has 1 amide bonds. The first-order chi connectivity index (χ1) is 13.7. The molecule has 0 spiro atoms. The van der Waals surface area contributed by atoms with Gasteiger partial charge in [0.25, 0.3) is 11.5 Å². The highest BCUT2D eigenvalue weighted by Crippen LogP contribution is 2.15. The zero-order valence-electron chi connectivity index (χ0n) is 15.6. The monoisotopic (exact) mass is 378 g/mol. The van der Waals surface area contributed by atoms with Crippen molar-refractivity contribution in [1.82, 2.24) is 15.2 Å². The summed E-state index contributed by atoms with van der Waals surface area (Å²) < 4.78 is 6.21. The average molecular weight is 378 g/mol. The molecule has 0 aliphatic heterocycles. The Morgan fingerprint density at radius 1 is 1.04 bits per heavy atom. The number of nitrogens with zero attached hydrogens (tertiary/aromatic N) is 3. The second-order valence-corrected chi connectivity index (χ2v) is 6.12. The van der Waals surface area contributed by atoms with Crippen molar-refractivity contribution in [3.05, 3.63) is 94.4 Å². The highest BCUT2D eigenvalue weighted by atomic mass is 16.5. The quantitative estimate of drug-likeness (QED) is 0.609. The molecule has 0 saturated carbocycles. The van der Waals surface area contributed by atoms with Crippen molar-refractivity contribution in [2.45, 2.75) is 13.1 Å². The molecular formula is C21H22N4O3. The average Bonchev–Trinajstić information content (AvgIpc) is 2.74. The summed E-state index contributed by atoms with van der Waals surface area (Å²) >= 11 is 0. The normalized spacial score (nSPS) is 10.5. The number of anilines is 1. The lowest BCUT2D eigenvalue weighted by atomic mass is 10.2. The van der Waals surface area contributed by atoms with E-state index in [1.54, 1.807) is 12.1 Å². The number of methoxy groups -OCH3 is 1. The maximum atomic E-state index is 12.8. The number of hydrogen-bond acceptors (Lipinski definition) is 5. The second kappa shape index (κ2) is 9.48. The topological polar surface area (TPSA) is 76.5 Å². The molecule has 144 valence electrons. The minimum absolute atomic E-state index is 0.157. The molecule has 7 nitrogen and oxygen atoms in total. The highest BCUT2D eigenvalue weighted by molar-refractivity contribution is 5.93. The summed E-state index contributed by atoms with van der Waals surface area (Å²) in [5, 5.41) is 5.90. The number of nitrogens with one attached hydrogen (secondary N) is 1. The number of amides is 1. The maximum Gasteiger partial charge on any atom is 0.290 e. The number of hydrazine groups is 1. The number of hydrogen-bond donors (Lipinski definition) is 1. The van der Waals surface area contributed by atoms with E-state index in [-0.39, 0.29) is 17.8 Å². The minimum Gasteiger partial charge on any atom is -0.383 e. The van der Waals surface area contributed by atoms with E-state index in [1.807, 2.05) is 60.7 Å². The van der Waals surface area contributed by atoms with Crippen LogP contribution < -0.4 is 16.0 Å². The molecule has 0 aliphatic carbocycles. The van der Waals surface area contributed by atoms with E-state index in [0.29, 0.717) is 13.2 Å². The summed E-state index contributed by atoms with van der Waals surface area (Å²) in [4.78, 5) is 24.7. The van der Waals surface area contributed by atoms with E-state index in [9.17, 15) is 9.59 Å². The zero-order valence-corrected chi connectivity index (χ0v) is 15.6. The van der Waals surface area contributed by atoms with Crippen LogP contribution >= 0.6 is 0 Å². The van der Waals surface area contributed by atoms with Crippen molar-refractivity contribution in [3.63, 3.8) is 0 Å². The van der Waals surface area contributed by atoms with Gasteiger partial charge in [0.15, 0.2) is 5.69 Å². The molecule has 0 radical (unpaired) electrons. The van der Waals surface area contributed by atoms with E-state index >= 15 is 0 Å². The molecule has 0 bridgehead atoms. The van der Waals surface area contributed by atoms with Crippen LogP contribution in [0, 0.1) is 0 Å². The molecule has 0 unspecified atom stereocenters. The van der Waals surface area contributed by atoms with Gasteiger partial charge in [-0.1, -0.05) is 48.5 Å². The van der Waals surface area contributed by atoms with Crippen molar-refractivity contribution < 1.29 is 9.53 Å². The van der Waals surface area contributed by atoms with Gasteiger partial charge in [-0.25, -0.2) is 4.68 Å². The molecular weight excluding hydrogens is 356 g/mol. The fourth-order valence-corrected chi connectivity index (χ4v) is 2.66. The van der Waals surface area contributed by atoms with Gasteiger partial charge in [-0.2, -0.15) is 5.10 Å². The third-order valence-corrected chi connectivity index (χ3v) is 4.09. The van der Waals surface area contributed by atoms with Crippen LogP contribution in [0.4, 0.5) is 5.69 Å². The number of rotatable bonds is 8. The second-order valence-electron chi connectivity index (χ2n) is 6.12. The fraction of sp³-hybridized carbons (Fsp3) is 0.190. The first kappa shape index (κ1) is 19.3. The minimum atomic E-state index is -0.397. The summed E-state index contributed by atoms with van der Waals surface area (Å²) in [6.07, 6.45) is 0. The van der Waals surface area contributed by atoms with Crippen molar-refractivity contribution in [2.24, 2.45) is 0 Å². The Morgan fingerprint density at radius 2 is 1.71 bits per heavy atom. The number of carbonyl (C=O) groups excluding carboxylic acids is 1. The van der Waals surface area contributed by atoms with Gasteiger partial charge in [-0.15, -0.1) is 0 Å². The largest absolute Gasteiger partial charge is 0.383 e. The Balaban J connectivity index is 1.82. The summed E-state index contributed by atoms with van der Waals surface area (Å²) in [6, 6.07) is 22.1. The number of para-hydroxylation sites is 1. The number of carbonyl (C=O) groups is 1. The van der Waals surface area contributed by atoms with Gasteiger partial charge in [0.2, 0.25) is 0 Å². The Hall–Kier alpha value is -3.45. The molecule has 1 heterocycles. The summed E-state index contributed by atoms with van der Waals surface area (Å²) in [6.45, 7) is 1.10. The van der Waals surface area contributed by atoms with Crippen molar-refractivity contribution in [1.29, 1.82) is 0 Å². The number of ether oxygens (including phenoxy) is 1. The third-order valence-electron chi connectivity index (χ3n) is 4.09. The van der Waals surface area contributed by atoms with Gasteiger partial charge in [-0.3, -0.25) is 20.0 Å². The van der Waals surface area contributed by atoms with Gasteiger partial charge in [0, 0.05) is 13.2 Å². The molecule has 3 rings (SSSR count). The molecule has 0 atom stereocenters. The Bertz CT molecular complexity index is 958. The SMILES string of the molecule is COCCn1nc(C(=O)NN(Cc2ccccc2)c2ccccc2)ccc1=O. The van der Waals surface area contributed by atoms with Gasteiger partial charge in [0.1, 0.15) is 0 Å². The number of benzene rings is 2. The van der Waals surface area contributed by atoms with E-state index in [0.717, 1.165) is 11.3 Å². The predicted molar refractivity (Wildman–Crippen MR) is 107 cm³/mol. The molecule has 7 heteroatoms.